The molecule has 4 heteroatoms. The summed E-state index contributed by atoms with van der Waals surface area (Å²) in [5.41, 5.74) is 0. The van der Waals surface area contributed by atoms with Crippen molar-refractivity contribution in [2.45, 2.75) is 32.2 Å². The number of hydrogen-bond donors (Lipinski definition) is 1. The Bertz CT molecular complexity index is 756. The molecule has 126 valence electrons. The van der Waals surface area contributed by atoms with Gasteiger partial charge in [-0.25, -0.2) is 0 Å². The van der Waals surface area contributed by atoms with Crippen molar-refractivity contribution in [1.29, 1.82) is 0 Å². The van der Waals surface area contributed by atoms with Crippen LogP contribution in [0.3, 0.4) is 0 Å². The maximum Gasteiger partial charge on any atom is 0.258 e. The Hall–Kier alpha value is -1.81. The first-order chi connectivity index (χ1) is 11.6. The van der Waals surface area contributed by atoms with E-state index in [0.29, 0.717) is 11.7 Å². The van der Waals surface area contributed by atoms with Crippen molar-refractivity contribution in [2.24, 2.45) is 5.92 Å². The number of amides is 1. The third-order valence-electron chi connectivity index (χ3n) is 4.51. The maximum atomic E-state index is 12.2. The van der Waals surface area contributed by atoms with Crippen LogP contribution in [0.2, 0.25) is 0 Å². The molecule has 3 rings (SSSR count). The number of rotatable bonds is 5. The average Bonchev–Trinajstić information content (AvgIpc) is 2.62. The Balaban J connectivity index is 1.59. The van der Waals surface area contributed by atoms with E-state index < -0.39 is 0 Å². The molecular formula is C20H22BrNO2. The van der Waals surface area contributed by atoms with Gasteiger partial charge in [0.1, 0.15) is 5.75 Å². The standard InChI is InChI=1S/C20H22BrNO2/c1-14(15-7-3-2-4-8-15)22-19(23)13-24-18-12-11-16-9-5-6-10-17(16)20(18)21/h3,5-7,9-12,14-15H,2,4,8,13H2,1H3,(H,22,23). The normalized spacial score (nSPS) is 18.3. The van der Waals surface area contributed by atoms with Gasteiger partial charge in [-0.2, -0.15) is 0 Å². The van der Waals surface area contributed by atoms with Crippen LogP contribution in [-0.4, -0.2) is 18.6 Å². The van der Waals surface area contributed by atoms with Crippen molar-refractivity contribution in [1.82, 2.24) is 5.32 Å². The first-order valence-corrected chi connectivity index (χ1v) is 9.20. The molecule has 0 spiro atoms. The molecule has 2 aromatic rings. The molecule has 0 aliphatic heterocycles. The summed E-state index contributed by atoms with van der Waals surface area (Å²) in [5, 5.41) is 5.26. The van der Waals surface area contributed by atoms with Gasteiger partial charge in [0, 0.05) is 6.04 Å². The zero-order valence-electron chi connectivity index (χ0n) is 13.8. The second kappa shape index (κ2) is 7.84. The number of fused-ring (bicyclic) bond motifs is 1. The molecule has 1 N–H and O–H groups in total. The van der Waals surface area contributed by atoms with Crippen molar-refractivity contribution in [2.75, 3.05) is 6.61 Å². The highest BCUT2D eigenvalue weighted by Crippen LogP contribution is 2.33. The molecule has 2 unspecified atom stereocenters. The van der Waals surface area contributed by atoms with E-state index in [1.54, 1.807) is 0 Å². The van der Waals surface area contributed by atoms with Crippen LogP contribution in [0.5, 0.6) is 5.75 Å². The van der Waals surface area contributed by atoms with Crippen molar-refractivity contribution in [3.8, 4) is 5.75 Å². The number of hydrogen-bond acceptors (Lipinski definition) is 2. The fraction of sp³-hybridized carbons (Fsp3) is 0.350. The van der Waals surface area contributed by atoms with Crippen LogP contribution < -0.4 is 10.1 Å². The second-order valence-electron chi connectivity index (χ2n) is 6.27. The fourth-order valence-corrected chi connectivity index (χ4v) is 3.73. The Morgan fingerprint density at radius 3 is 2.96 bits per heavy atom. The number of ether oxygens (including phenoxy) is 1. The average molecular weight is 388 g/mol. The van der Waals surface area contributed by atoms with E-state index in [9.17, 15) is 4.79 Å². The Morgan fingerprint density at radius 2 is 2.17 bits per heavy atom. The molecule has 0 fully saturated rings. The van der Waals surface area contributed by atoms with Crippen LogP contribution in [-0.2, 0) is 4.79 Å². The minimum Gasteiger partial charge on any atom is -0.483 e. The summed E-state index contributed by atoms with van der Waals surface area (Å²) in [7, 11) is 0. The van der Waals surface area contributed by atoms with Crippen LogP contribution >= 0.6 is 15.9 Å². The smallest absolute Gasteiger partial charge is 0.258 e. The third-order valence-corrected chi connectivity index (χ3v) is 5.33. The zero-order valence-corrected chi connectivity index (χ0v) is 15.4. The summed E-state index contributed by atoms with van der Waals surface area (Å²) >= 11 is 3.58. The van der Waals surface area contributed by atoms with Gasteiger partial charge in [-0.05, 0) is 64.9 Å². The molecule has 2 aromatic carbocycles. The molecule has 3 nitrogen and oxygen atoms in total. The Labute approximate surface area is 151 Å². The molecule has 1 aliphatic rings. The van der Waals surface area contributed by atoms with Crippen LogP contribution in [0, 0.1) is 5.92 Å². The topological polar surface area (TPSA) is 38.3 Å². The van der Waals surface area contributed by atoms with E-state index >= 15 is 0 Å². The molecule has 0 saturated heterocycles. The van der Waals surface area contributed by atoms with Gasteiger partial charge < -0.3 is 10.1 Å². The van der Waals surface area contributed by atoms with Gasteiger partial charge in [-0.1, -0.05) is 42.5 Å². The Morgan fingerprint density at radius 1 is 1.33 bits per heavy atom. The van der Waals surface area contributed by atoms with Crippen molar-refractivity contribution in [3.63, 3.8) is 0 Å². The molecular weight excluding hydrogens is 366 g/mol. The summed E-state index contributed by atoms with van der Waals surface area (Å²) in [4.78, 5) is 12.2. The van der Waals surface area contributed by atoms with Crippen LogP contribution in [0.4, 0.5) is 0 Å². The molecule has 0 aromatic heterocycles. The van der Waals surface area contributed by atoms with Crippen LogP contribution in [0.25, 0.3) is 10.8 Å². The van der Waals surface area contributed by atoms with E-state index in [1.165, 1.54) is 6.42 Å². The predicted octanol–water partition coefficient (Wildman–Crippen LogP) is 4.84. The number of benzene rings is 2. The van der Waals surface area contributed by atoms with Crippen LogP contribution in [0.15, 0.2) is 53.0 Å². The summed E-state index contributed by atoms with van der Waals surface area (Å²) in [6.07, 6.45) is 7.90. The molecule has 0 bridgehead atoms. The molecule has 1 amide bonds. The minimum absolute atomic E-state index is 0.0255. The van der Waals surface area contributed by atoms with Gasteiger partial charge >= 0.3 is 0 Å². The van der Waals surface area contributed by atoms with Crippen molar-refractivity contribution in [3.05, 3.63) is 53.0 Å². The van der Waals surface area contributed by atoms with Gasteiger partial charge in [-0.3, -0.25) is 4.79 Å². The lowest BCUT2D eigenvalue weighted by Crippen LogP contribution is -2.40. The van der Waals surface area contributed by atoms with Gasteiger partial charge in [0.15, 0.2) is 6.61 Å². The first kappa shape index (κ1) is 17.0. The van der Waals surface area contributed by atoms with Gasteiger partial charge in [0.05, 0.1) is 4.47 Å². The summed E-state index contributed by atoms with van der Waals surface area (Å²) in [6.45, 7) is 2.09. The van der Waals surface area contributed by atoms with E-state index in [4.69, 9.17) is 4.74 Å². The highest BCUT2D eigenvalue weighted by atomic mass is 79.9. The molecule has 24 heavy (non-hydrogen) atoms. The first-order valence-electron chi connectivity index (χ1n) is 8.41. The Kier molecular flexibility index (Phi) is 5.56. The maximum absolute atomic E-state index is 12.2. The van der Waals surface area contributed by atoms with Gasteiger partial charge in [0.25, 0.3) is 5.91 Å². The second-order valence-corrected chi connectivity index (χ2v) is 7.06. The fourth-order valence-electron chi connectivity index (χ4n) is 3.13. The zero-order chi connectivity index (χ0) is 16.9. The summed E-state index contributed by atoms with van der Waals surface area (Å²) in [6, 6.07) is 12.1. The highest BCUT2D eigenvalue weighted by molar-refractivity contribution is 9.10. The lowest BCUT2D eigenvalue weighted by atomic mass is 9.90. The lowest BCUT2D eigenvalue weighted by molar-refractivity contribution is -0.123. The highest BCUT2D eigenvalue weighted by Gasteiger charge is 2.18. The summed E-state index contributed by atoms with van der Waals surface area (Å²) in [5.74, 6) is 1.03. The molecule has 2 atom stereocenters. The van der Waals surface area contributed by atoms with Gasteiger partial charge in [0.2, 0.25) is 0 Å². The van der Waals surface area contributed by atoms with Crippen molar-refractivity contribution < 1.29 is 9.53 Å². The number of nitrogens with one attached hydrogen (secondary N) is 1. The van der Waals surface area contributed by atoms with E-state index in [0.717, 1.165) is 28.1 Å². The molecule has 1 aliphatic carbocycles. The van der Waals surface area contributed by atoms with Crippen molar-refractivity contribution >= 4 is 32.6 Å². The largest absolute Gasteiger partial charge is 0.483 e. The SMILES string of the molecule is CC(NC(=O)COc1ccc2ccccc2c1Br)C1C=CCCC1. The van der Waals surface area contributed by atoms with Crippen LogP contribution in [0.1, 0.15) is 26.2 Å². The number of allylic oxidation sites excluding steroid dienone is 1. The number of carbonyl (C=O) groups is 1. The molecule has 0 saturated carbocycles. The predicted molar refractivity (Wildman–Crippen MR) is 101 cm³/mol. The number of carbonyl (C=O) groups excluding carboxylic acids is 1. The number of halogens is 1. The quantitative estimate of drug-likeness (QED) is 0.745. The third kappa shape index (κ3) is 3.99. The minimum atomic E-state index is -0.0819. The monoisotopic (exact) mass is 387 g/mol. The van der Waals surface area contributed by atoms with Gasteiger partial charge in [-0.15, -0.1) is 0 Å². The van der Waals surface area contributed by atoms with E-state index in [2.05, 4.69) is 46.4 Å². The van der Waals surface area contributed by atoms with E-state index in [-0.39, 0.29) is 18.6 Å². The lowest BCUT2D eigenvalue weighted by Gasteiger charge is -2.24. The summed E-state index contributed by atoms with van der Waals surface area (Å²) < 4.78 is 6.60. The molecule has 0 radical (unpaired) electrons. The van der Waals surface area contributed by atoms with E-state index in [1.807, 2.05) is 30.3 Å². The molecule has 0 heterocycles.